The number of thioether (sulfide) groups is 1. The van der Waals surface area contributed by atoms with Crippen LogP contribution < -0.4 is 9.47 Å². The van der Waals surface area contributed by atoms with Crippen LogP contribution in [0.4, 0.5) is 0 Å². The van der Waals surface area contributed by atoms with E-state index < -0.39 is 5.97 Å². The van der Waals surface area contributed by atoms with E-state index in [2.05, 4.69) is 15.9 Å². The molecule has 0 amide bonds. The third kappa shape index (κ3) is 3.29. The van der Waals surface area contributed by atoms with Crippen molar-refractivity contribution in [2.24, 2.45) is 0 Å². The Bertz CT molecular complexity index is 436. The summed E-state index contributed by atoms with van der Waals surface area (Å²) in [6.45, 7) is 1.11. The molecule has 0 saturated heterocycles. The van der Waals surface area contributed by atoms with Crippen molar-refractivity contribution in [2.75, 3.05) is 19.0 Å². The van der Waals surface area contributed by atoms with Crippen LogP contribution in [0.1, 0.15) is 6.42 Å². The Labute approximate surface area is 111 Å². The molecule has 1 aliphatic rings. The molecule has 1 aromatic rings. The fourth-order valence-electron chi connectivity index (χ4n) is 1.40. The highest BCUT2D eigenvalue weighted by atomic mass is 79.9. The van der Waals surface area contributed by atoms with E-state index in [1.165, 1.54) is 11.8 Å². The number of aliphatic carboxylic acids is 1. The van der Waals surface area contributed by atoms with E-state index in [1.54, 1.807) is 0 Å². The normalized spacial score (nSPS) is 13.5. The van der Waals surface area contributed by atoms with Gasteiger partial charge in [-0.2, -0.15) is 0 Å². The molecule has 0 fully saturated rings. The molecular formula is C11H11BrO4S. The second kappa shape index (κ2) is 5.64. The summed E-state index contributed by atoms with van der Waals surface area (Å²) in [6.07, 6.45) is 0.144. The Morgan fingerprint density at radius 2 is 2.00 bits per heavy atom. The molecule has 0 spiro atoms. The second-order valence-electron chi connectivity index (χ2n) is 3.42. The molecule has 2 rings (SSSR count). The van der Waals surface area contributed by atoms with Crippen LogP contribution in [0.15, 0.2) is 21.5 Å². The van der Waals surface area contributed by atoms with Gasteiger partial charge in [-0.1, -0.05) is 0 Å². The van der Waals surface area contributed by atoms with Gasteiger partial charge in [-0.05, 0) is 28.1 Å². The van der Waals surface area contributed by atoms with Gasteiger partial charge in [0, 0.05) is 15.1 Å². The molecule has 4 nitrogen and oxygen atoms in total. The number of carbonyl (C=O) groups is 1. The van der Waals surface area contributed by atoms with Crippen LogP contribution in [0.2, 0.25) is 0 Å². The number of hydrogen-bond acceptors (Lipinski definition) is 4. The molecular weight excluding hydrogens is 308 g/mol. The van der Waals surface area contributed by atoms with E-state index in [0.717, 1.165) is 20.9 Å². The zero-order valence-corrected chi connectivity index (χ0v) is 11.3. The minimum absolute atomic E-state index is 0.144. The highest BCUT2D eigenvalue weighted by Gasteiger charge is 2.15. The van der Waals surface area contributed by atoms with Crippen LogP contribution in [0.5, 0.6) is 11.5 Å². The summed E-state index contributed by atoms with van der Waals surface area (Å²) in [5.74, 6) is 1.20. The number of hydrogen-bond donors (Lipinski definition) is 1. The number of carboxylic acid groups (broad SMARTS) is 1. The third-order valence-corrected chi connectivity index (χ3v) is 4.15. The Hall–Kier alpha value is -0.880. The minimum Gasteiger partial charge on any atom is -0.486 e. The van der Waals surface area contributed by atoms with Crippen LogP contribution in [0.25, 0.3) is 0 Å². The first-order chi connectivity index (χ1) is 8.16. The lowest BCUT2D eigenvalue weighted by Gasteiger charge is -2.19. The zero-order chi connectivity index (χ0) is 12.3. The maximum absolute atomic E-state index is 10.4. The Morgan fingerprint density at radius 1 is 1.35 bits per heavy atom. The molecule has 0 radical (unpaired) electrons. The van der Waals surface area contributed by atoms with Gasteiger partial charge in [-0.3, -0.25) is 4.79 Å². The highest BCUT2D eigenvalue weighted by molar-refractivity contribution is 9.10. The van der Waals surface area contributed by atoms with Gasteiger partial charge in [0.25, 0.3) is 0 Å². The number of rotatable bonds is 4. The fraction of sp³-hybridized carbons (Fsp3) is 0.364. The van der Waals surface area contributed by atoms with Crippen LogP contribution in [-0.4, -0.2) is 30.0 Å². The van der Waals surface area contributed by atoms with Gasteiger partial charge in [0.05, 0.1) is 6.42 Å². The first-order valence-corrected chi connectivity index (χ1v) is 6.88. The standard InChI is InChI=1S/C11H11BrO4S/c12-7-5-8-9(16-3-2-15-8)6-10(7)17-4-1-11(13)14/h5-6H,1-4H2,(H,13,14). The van der Waals surface area contributed by atoms with Gasteiger partial charge >= 0.3 is 5.97 Å². The minimum atomic E-state index is -0.786. The van der Waals surface area contributed by atoms with Crippen molar-refractivity contribution in [1.29, 1.82) is 0 Å². The van der Waals surface area contributed by atoms with Gasteiger partial charge in [-0.25, -0.2) is 0 Å². The molecule has 6 heteroatoms. The van der Waals surface area contributed by atoms with E-state index in [0.29, 0.717) is 19.0 Å². The number of benzene rings is 1. The Kier molecular flexibility index (Phi) is 4.17. The summed E-state index contributed by atoms with van der Waals surface area (Å²) < 4.78 is 11.8. The molecule has 1 aliphatic heterocycles. The molecule has 1 N–H and O–H groups in total. The third-order valence-electron chi connectivity index (χ3n) is 2.17. The summed E-state index contributed by atoms with van der Waals surface area (Å²) in [6, 6.07) is 3.74. The molecule has 0 unspecified atom stereocenters. The molecule has 0 aliphatic carbocycles. The van der Waals surface area contributed by atoms with Crippen molar-refractivity contribution in [3.05, 3.63) is 16.6 Å². The molecule has 0 saturated carbocycles. The van der Waals surface area contributed by atoms with Crippen molar-refractivity contribution in [1.82, 2.24) is 0 Å². The lowest BCUT2D eigenvalue weighted by molar-refractivity contribution is -0.136. The molecule has 0 bridgehead atoms. The van der Waals surface area contributed by atoms with Crippen molar-refractivity contribution >= 4 is 33.7 Å². The molecule has 92 valence electrons. The first kappa shape index (κ1) is 12.6. The van der Waals surface area contributed by atoms with Crippen molar-refractivity contribution < 1.29 is 19.4 Å². The van der Waals surface area contributed by atoms with Crippen molar-refractivity contribution in [2.45, 2.75) is 11.3 Å². The number of carboxylic acids is 1. The van der Waals surface area contributed by atoms with Crippen LogP contribution in [0.3, 0.4) is 0 Å². The average Bonchev–Trinajstić information content (AvgIpc) is 2.29. The summed E-state index contributed by atoms with van der Waals surface area (Å²) in [5.41, 5.74) is 0. The Balaban J connectivity index is 2.09. The van der Waals surface area contributed by atoms with E-state index in [4.69, 9.17) is 14.6 Å². The average molecular weight is 319 g/mol. The number of ether oxygens (including phenoxy) is 2. The molecule has 1 aromatic carbocycles. The van der Waals surface area contributed by atoms with Crippen LogP contribution >= 0.6 is 27.7 Å². The largest absolute Gasteiger partial charge is 0.486 e. The SMILES string of the molecule is O=C(O)CCSc1cc2c(cc1Br)OCCO2. The maximum atomic E-state index is 10.4. The van der Waals surface area contributed by atoms with E-state index in [9.17, 15) is 4.79 Å². The van der Waals surface area contributed by atoms with Gasteiger partial charge < -0.3 is 14.6 Å². The smallest absolute Gasteiger partial charge is 0.304 e. The molecule has 0 aromatic heterocycles. The lowest BCUT2D eigenvalue weighted by Crippen LogP contribution is -2.15. The fourth-order valence-corrected chi connectivity index (χ4v) is 2.95. The topological polar surface area (TPSA) is 55.8 Å². The highest BCUT2D eigenvalue weighted by Crippen LogP contribution is 2.39. The number of halogens is 1. The van der Waals surface area contributed by atoms with Crippen LogP contribution in [0, 0.1) is 0 Å². The predicted octanol–water partition coefficient (Wildman–Crippen LogP) is 2.79. The van der Waals surface area contributed by atoms with E-state index >= 15 is 0 Å². The molecule has 17 heavy (non-hydrogen) atoms. The van der Waals surface area contributed by atoms with Gasteiger partial charge in [0.1, 0.15) is 13.2 Å². The quantitative estimate of drug-likeness (QED) is 0.865. The second-order valence-corrected chi connectivity index (χ2v) is 5.41. The summed E-state index contributed by atoms with van der Waals surface area (Å²) >= 11 is 4.92. The van der Waals surface area contributed by atoms with Crippen LogP contribution in [-0.2, 0) is 4.79 Å². The summed E-state index contributed by atoms with van der Waals surface area (Å²) in [5, 5.41) is 8.58. The first-order valence-electron chi connectivity index (χ1n) is 5.10. The zero-order valence-electron chi connectivity index (χ0n) is 8.94. The maximum Gasteiger partial charge on any atom is 0.304 e. The van der Waals surface area contributed by atoms with E-state index in [-0.39, 0.29) is 6.42 Å². The van der Waals surface area contributed by atoms with Gasteiger partial charge in [-0.15, -0.1) is 11.8 Å². The van der Waals surface area contributed by atoms with Crippen molar-refractivity contribution in [3.8, 4) is 11.5 Å². The number of fused-ring (bicyclic) bond motifs is 1. The van der Waals surface area contributed by atoms with Gasteiger partial charge in [0.2, 0.25) is 0 Å². The van der Waals surface area contributed by atoms with E-state index in [1.807, 2.05) is 12.1 Å². The summed E-state index contributed by atoms with van der Waals surface area (Å²) in [7, 11) is 0. The molecule has 1 heterocycles. The lowest BCUT2D eigenvalue weighted by atomic mass is 10.3. The molecule has 0 atom stereocenters. The van der Waals surface area contributed by atoms with Gasteiger partial charge in [0.15, 0.2) is 11.5 Å². The summed E-state index contributed by atoms with van der Waals surface area (Å²) in [4.78, 5) is 11.4. The monoisotopic (exact) mass is 318 g/mol. The van der Waals surface area contributed by atoms with Crippen molar-refractivity contribution in [3.63, 3.8) is 0 Å². The predicted molar refractivity (Wildman–Crippen MR) is 68.1 cm³/mol. The Morgan fingerprint density at radius 3 is 2.65 bits per heavy atom.